The summed E-state index contributed by atoms with van der Waals surface area (Å²) in [7, 11) is 0. The summed E-state index contributed by atoms with van der Waals surface area (Å²) in [4.78, 5) is 16.5. The lowest BCUT2D eigenvalue weighted by Gasteiger charge is -2.14. The Labute approximate surface area is 179 Å². The molecule has 0 fully saturated rings. The topological polar surface area (TPSA) is 89.5 Å². The minimum atomic E-state index is -0.563. The van der Waals surface area contributed by atoms with Crippen molar-refractivity contribution >= 4 is 6.21 Å². The number of nitriles is 1. The molecule has 0 saturated carbocycles. The Morgan fingerprint density at radius 2 is 2.32 bits per heavy atom. The summed E-state index contributed by atoms with van der Waals surface area (Å²) >= 11 is 0. The van der Waals surface area contributed by atoms with Gasteiger partial charge in [-0.3, -0.25) is 9.79 Å². The molecule has 8 heteroatoms. The van der Waals surface area contributed by atoms with E-state index in [0.29, 0.717) is 30.2 Å². The van der Waals surface area contributed by atoms with Gasteiger partial charge in [-0.05, 0) is 43.7 Å². The van der Waals surface area contributed by atoms with Crippen molar-refractivity contribution in [2.75, 3.05) is 6.61 Å². The molecule has 1 aliphatic carbocycles. The maximum absolute atomic E-state index is 13.7. The monoisotopic (exact) mass is 420 g/mol. The summed E-state index contributed by atoms with van der Waals surface area (Å²) < 4.78 is 26.0. The fraction of sp³-hybridized carbons (Fsp3) is 0.217. The van der Waals surface area contributed by atoms with E-state index in [1.165, 1.54) is 29.1 Å². The van der Waals surface area contributed by atoms with Crippen LogP contribution in [0.2, 0.25) is 0 Å². The standard InChI is InChI=1S/C23H21FN4O3/c1-3-30-16(2)14-26-19-4-6-21(7-5-19)31-15-22-23(29)8-9-28(27-22)20-11-17(13-25)10-18(24)12-20/h4,6-12,14,19H,2-3,5,15H2,1H3. The van der Waals surface area contributed by atoms with Crippen molar-refractivity contribution in [2.45, 2.75) is 26.0 Å². The lowest BCUT2D eigenvalue weighted by molar-refractivity contribution is 0.202. The average Bonchev–Trinajstić information content (AvgIpc) is 2.77. The van der Waals surface area contributed by atoms with Crippen LogP contribution in [0.1, 0.15) is 24.6 Å². The number of halogens is 1. The molecule has 0 spiro atoms. The molecular weight excluding hydrogens is 399 g/mol. The summed E-state index contributed by atoms with van der Waals surface area (Å²) in [5, 5.41) is 13.2. The predicted octanol–water partition coefficient (Wildman–Crippen LogP) is 3.59. The Morgan fingerprint density at radius 1 is 1.48 bits per heavy atom. The fourth-order valence-electron chi connectivity index (χ4n) is 2.82. The van der Waals surface area contributed by atoms with Crippen molar-refractivity contribution in [3.8, 4) is 11.8 Å². The first kappa shape index (κ1) is 21.7. The number of hydrogen-bond acceptors (Lipinski definition) is 6. The van der Waals surface area contributed by atoms with Gasteiger partial charge in [-0.15, -0.1) is 0 Å². The van der Waals surface area contributed by atoms with Gasteiger partial charge in [0.15, 0.2) is 0 Å². The van der Waals surface area contributed by atoms with Gasteiger partial charge in [-0.2, -0.15) is 10.4 Å². The van der Waals surface area contributed by atoms with Gasteiger partial charge in [0, 0.05) is 12.3 Å². The zero-order valence-electron chi connectivity index (χ0n) is 17.0. The molecule has 0 radical (unpaired) electrons. The summed E-state index contributed by atoms with van der Waals surface area (Å²) in [6.45, 7) is 6.12. The minimum Gasteiger partial charge on any atom is -0.493 e. The highest BCUT2D eigenvalue weighted by Crippen LogP contribution is 2.16. The van der Waals surface area contributed by atoms with Crippen LogP contribution < -0.4 is 5.43 Å². The Morgan fingerprint density at radius 3 is 3.03 bits per heavy atom. The van der Waals surface area contributed by atoms with E-state index in [0.717, 1.165) is 6.07 Å². The van der Waals surface area contributed by atoms with Crippen LogP contribution in [0.5, 0.6) is 0 Å². The van der Waals surface area contributed by atoms with E-state index < -0.39 is 5.82 Å². The van der Waals surface area contributed by atoms with Crippen LogP contribution in [0.25, 0.3) is 5.69 Å². The average molecular weight is 420 g/mol. The zero-order chi connectivity index (χ0) is 22.2. The van der Waals surface area contributed by atoms with E-state index in [-0.39, 0.29) is 29.3 Å². The SMILES string of the molecule is C=C(C=NC1C=CC(OCc2nn(-c3cc(F)cc(C#N)c3)ccc2=O)=CC1)OCC. The van der Waals surface area contributed by atoms with Gasteiger partial charge in [0.1, 0.15) is 29.6 Å². The van der Waals surface area contributed by atoms with E-state index in [9.17, 15) is 9.18 Å². The van der Waals surface area contributed by atoms with Crippen molar-refractivity contribution in [2.24, 2.45) is 4.99 Å². The highest BCUT2D eigenvalue weighted by molar-refractivity contribution is 5.75. The van der Waals surface area contributed by atoms with E-state index in [1.807, 2.05) is 25.1 Å². The highest BCUT2D eigenvalue weighted by atomic mass is 19.1. The van der Waals surface area contributed by atoms with Crippen LogP contribution in [0.15, 0.2) is 76.6 Å². The first-order chi connectivity index (χ1) is 15.0. The molecule has 1 heterocycles. The molecule has 0 aliphatic heterocycles. The van der Waals surface area contributed by atoms with Crippen molar-refractivity contribution < 1.29 is 13.9 Å². The number of nitrogens with zero attached hydrogens (tertiary/aromatic N) is 4. The number of allylic oxidation sites excluding steroid dienone is 2. The normalized spacial score (nSPS) is 15.4. The van der Waals surface area contributed by atoms with Gasteiger partial charge in [0.25, 0.3) is 0 Å². The summed E-state index contributed by atoms with van der Waals surface area (Å²) in [5.41, 5.74) is 0.356. The predicted molar refractivity (Wildman–Crippen MR) is 114 cm³/mol. The lowest BCUT2D eigenvalue weighted by Crippen LogP contribution is -2.17. The zero-order valence-corrected chi connectivity index (χ0v) is 17.0. The summed E-state index contributed by atoms with van der Waals surface area (Å²) in [6.07, 6.45) is 9.19. The van der Waals surface area contributed by atoms with Crippen LogP contribution in [-0.2, 0) is 16.1 Å². The molecule has 1 aromatic carbocycles. The van der Waals surface area contributed by atoms with Crippen LogP contribution in [-0.4, -0.2) is 28.6 Å². The van der Waals surface area contributed by atoms with Crippen LogP contribution in [0.4, 0.5) is 4.39 Å². The molecule has 1 aromatic heterocycles. The molecule has 0 N–H and O–H groups in total. The maximum atomic E-state index is 13.7. The first-order valence-corrected chi connectivity index (χ1v) is 9.64. The fourth-order valence-corrected chi connectivity index (χ4v) is 2.82. The summed E-state index contributed by atoms with van der Waals surface area (Å²) in [5.74, 6) is 0.546. The molecule has 158 valence electrons. The Balaban J connectivity index is 1.65. The van der Waals surface area contributed by atoms with Gasteiger partial charge in [-0.25, -0.2) is 9.07 Å². The van der Waals surface area contributed by atoms with E-state index in [4.69, 9.17) is 14.7 Å². The second-order valence-corrected chi connectivity index (χ2v) is 6.62. The third kappa shape index (κ3) is 6.00. The van der Waals surface area contributed by atoms with E-state index >= 15 is 0 Å². The van der Waals surface area contributed by atoms with Crippen molar-refractivity contribution in [3.63, 3.8) is 0 Å². The molecule has 0 amide bonds. The highest BCUT2D eigenvalue weighted by Gasteiger charge is 2.11. The second kappa shape index (κ2) is 10.2. The Kier molecular flexibility index (Phi) is 7.12. The third-order valence-electron chi connectivity index (χ3n) is 4.31. The van der Waals surface area contributed by atoms with E-state index in [2.05, 4.69) is 16.7 Å². The molecule has 3 rings (SSSR count). The molecule has 7 nitrogen and oxygen atoms in total. The van der Waals surface area contributed by atoms with Crippen LogP contribution in [0.3, 0.4) is 0 Å². The number of rotatable bonds is 8. The molecule has 0 saturated heterocycles. The lowest BCUT2D eigenvalue weighted by atomic mass is 10.1. The quantitative estimate of drug-likeness (QED) is 0.481. The van der Waals surface area contributed by atoms with E-state index in [1.54, 1.807) is 12.3 Å². The molecule has 31 heavy (non-hydrogen) atoms. The number of benzene rings is 1. The largest absolute Gasteiger partial charge is 0.493 e. The van der Waals surface area contributed by atoms with Crippen molar-refractivity contribution in [1.29, 1.82) is 5.26 Å². The molecule has 1 aliphatic rings. The second-order valence-electron chi connectivity index (χ2n) is 6.62. The summed E-state index contributed by atoms with van der Waals surface area (Å²) in [6, 6.07) is 7.02. The number of aliphatic imine (C=N–C) groups is 1. The smallest absolute Gasteiger partial charge is 0.206 e. The Bertz CT molecular complexity index is 1160. The molecule has 1 atom stereocenters. The molecule has 2 aromatic rings. The van der Waals surface area contributed by atoms with Gasteiger partial charge in [0.05, 0.1) is 36.2 Å². The van der Waals surface area contributed by atoms with Gasteiger partial charge >= 0.3 is 0 Å². The van der Waals surface area contributed by atoms with Crippen LogP contribution >= 0.6 is 0 Å². The van der Waals surface area contributed by atoms with Gasteiger partial charge in [-0.1, -0.05) is 12.7 Å². The molecule has 1 unspecified atom stereocenters. The van der Waals surface area contributed by atoms with Crippen LogP contribution in [0, 0.1) is 17.1 Å². The Hall–Kier alpha value is -3.99. The number of aromatic nitrogens is 2. The van der Waals surface area contributed by atoms with Gasteiger partial charge < -0.3 is 9.47 Å². The van der Waals surface area contributed by atoms with Crippen molar-refractivity contribution in [1.82, 2.24) is 9.78 Å². The number of ether oxygens (including phenoxy) is 2. The molecular formula is C23H21FN4O3. The van der Waals surface area contributed by atoms with Crippen molar-refractivity contribution in [3.05, 3.63) is 94.1 Å². The minimum absolute atomic E-state index is 0.0426. The first-order valence-electron chi connectivity index (χ1n) is 9.64. The third-order valence-corrected chi connectivity index (χ3v) is 4.31. The molecule has 0 bridgehead atoms. The number of hydrogen-bond donors (Lipinski definition) is 0. The maximum Gasteiger partial charge on any atom is 0.206 e. The van der Waals surface area contributed by atoms with Gasteiger partial charge in [0.2, 0.25) is 5.43 Å².